The lowest BCUT2D eigenvalue weighted by Crippen LogP contribution is -2.27. The summed E-state index contributed by atoms with van der Waals surface area (Å²) in [6, 6.07) is 0. The third kappa shape index (κ3) is 4.80. The molecule has 0 radical (unpaired) electrons. The van der Waals surface area contributed by atoms with E-state index in [1.54, 1.807) is 0 Å². The van der Waals surface area contributed by atoms with E-state index in [0.717, 1.165) is 4.57 Å². The molecule has 41 heavy (non-hydrogen) atoms. The predicted octanol–water partition coefficient (Wildman–Crippen LogP) is 0.257. The molecule has 21 heteroatoms. The molecule has 6 heterocycles. The van der Waals surface area contributed by atoms with Crippen LogP contribution in [-0.4, -0.2) is 84.5 Å². The lowest BCUT2D eigenvalue weighted by Gasteiger charge is -2.15. The average Bonchev–Trinajstić information content (AvgIpc) is 3.66. The van der Waals surface area contributed by atoms with Crippen LogP contribution in [0.4, 0.5) is 29.2 Å². The van der Waals surface area contributed by atoms with Gasteiger partial charge in [0.2, 0.25) is 11.5 Å². The lowest BCUT2D eigenvalue weighted by atomic mass is 10.1. The van der Waals surface area contributed by atoms with E-state index in [9.17, 15) is 38.0 Å². The zero-order valence-corrected chi connectivity index (χ0v) is 20.7. The van der Waals surface area contributed by atoms with Gasteiger partial charge in [-0.3, -0.25) is 9.67 Å². The number of rotatable bonds is 2. The van der Waals surface area contributed by atoms with Crippen molar-refractivity contribution >= 4 is 45.4 Å². The van der Waals surface area contributed by atoms with Crippen molar-refractivity contribution in [2.45, 2.75) is 36.7 Å². The van der Waals surface area contributed by atoms with Crippen LogP contribution in [0.3, 0.4) is 0 Å². The highest BCUT2D eigenvalue weighted by atomic mass is 35.5. The van der Waals surface area contributed by atoms with Crippen molar-refractivity contribution in [1.29, 1.82) is 0 Å². The fourth-order valence-corrected chi connectivity index (χ4v) is 4.28. The number of ether oxygens (including phenoxy) is 2. The van der Waals surface area contributed by atoms with Crippen LogP contribution < -0.4 is 11.5 Å². The van der Waals surface area contributed by atoms with Crippen molar-refractivity contribution in [3.05, 3.63) is 47.3 Å². The monoisotopic (exact) mass is 604 g/mol. The van der Waals surface area contributed by atoms with Gasteiger partial charge in [-0.1, -0.05) is 0 Å². The van der Waals surface area contributed by atoms with Crippen LogP contribution in [0, 0.1) is 0 Å². The molecular formula is C20H17ClF4N10O6. The molecule has 0 aliphatic carbocycles. The molecule has 2 aliphatic rings. The molecule has 4 aromatic rings. The minimum atomic E-state index is -2.22. The van der Waals surface area contributed by atoms with E-state index in [0.29, 0.717) is 0 Å². The van der Waals surface area contributed by atoms with Crippen LogP contribution in [0.25, 0.3) is 22.2 Å². The first-order valence-electron chi connectivity index (χ1n) is 11.2. The second-order valence-electron chi connectivity index (χ2n) is 8.46. The van der Waals surface area contributed by atoms with Gasteiger partial charge in [-0.05, 0) is 11.6 Å². The van der Waals surface area contributed by atoms with Gasteiger partial charge in [-0.25, -0.2) is 15.0 Å². The van der Waals surface area contributed by atoms with Gasteiger partial charge < -0.3 is 41.4 Å². The van der Waals surface area contributed by atoms with Gasteiger partial charge in [-0.15, -0.1) is 0 Å². The number of imidazole rings is 1. The zero-order chi connectivity index (χ0) is 29.7. The molecule has 6 atom stereocenters. The summed E-state index contributed by atoms with van der Waals surface area (Å²) < 4.78 is 61.3. The van der Waals surface area contributed by atoms with Crippen molar-refractivity contribution in [2.24, 2.45) is 0 Å². The first-order valence-corrected chi connectivity index (χ1v) is 11.5. The summed E-state index contributed by atoms with van der Waals surface area (Å²) in [6.45, 7) is 0. The first kappa shape index (κ1) is 28.2. The van der Waals surface area contributed by atoms with Gasteiger partial charge in [0.15, 0.2) is 40.4 Å². The lowest BCUT2D eigenvalue weighted by molar-refractivity contribution is -0.0124. The summed E-state index contributed by atoms with van der Waals surface area (Å²) in [5, 5.41) is 44.9. The summed E-state index contributed by atoms with van der Waals surface area (Å²) >= 11 is 5.68. The third-order valence-corrected chi connectivity index (χ3v) is 6.20. The van der Waals surface area contributed by atoms with Crippen molar-refractivity contribution < 1.29 is 47.5 Å². The quantitative estimate of drug-likeness (QED) is 0.120. The van der Waals surface area contributed by atoms with Crippen LogP contribution in [-0.2, 0) is 9.47 Å². The molecule has 218 valence electrons. The Morgan fingerprint density at radius 1 is 0.854 bits per heavy atom. The summed E-state index contributed by atoms with van der Waals surface area (Å²) in [4.78, 5) is 19.1. The Bertz CT molecular complexity index is 1690. The van der Waals surface area contributed by atoms with Gasteiger partial charge >= 0.3 is 12.2 Å². The average molecular weight is 605 g/mol. The fraction of sp³-hybridized carbons (Fsp3) is 0.300. The molecule has 6 rings (SSSR count). The number of aromatic amines is 1. The molecule has 2 aliphatic heterocycles. The minimum absolute atomic E-state index is 0.00998. The molecular weight excluding hydrogens is 588 g/mol. The van der Waals surface area contributed by atoms with Gasteiger partial charge in [0.05, 0.1) is 0 Å². The number of aliphatic hydroxyl groups excluding tert-OH is 4. The largest absolute Gasteiger partial charge is 0.477 e. The fourth-order valence-electron chi connectivity index (χ4n) is 4.11. The highest BCUT2D eigenvalue weighted by molar-refractivity contribution is 6.28. The van der Waals surface area contributed by atoms with Gasteiger partial charge in [0.25, 0.3) is 0 Å². The molecule has 2 fully saturated rings. The number of hydrogen-bond donors (Lipinski definition) is 7. The normalized spacial score (nSPS) is 25.7. The summed E-state index contributed by atoms with van der Waals surface area (Å²) in [6.07, 6.45) is -11.5. The van der Waals surface area contributed by atoms with E-state index in [-0.39, 0.29) is 44.8 Å². The second-order valence-corrected chi connectivity index (χ2v) is 8.80. The molecule has 2 saturated heterocycles. The van der Waals surface area contributed by atoms with Crippen LogP contribution in [0.2, 0.25) is 5.28 Å². The zero-order valence-electron chi connectivity index (χ0n) is 19.9. The molecule has 16 nitrogen and oxygen atoms in total. The van der Waals surface area contributed by atoms with Crippen molar-refractivity contribution in [1.82, 2.24) is 39.7 Å². The molecule has 9 N–H and O–H groups in total. The van der Waals surface area contributed by atoms with Crippen LogP contribution >= 0.6 is 11.6 Å². The van der Waals surface area contributed by atoms with Gasteiger partial charge in [0.1, 0.15) is 53.8 Å². The first-order chi connectivity index (χ1) is 19.4. The van der Waals surface area contributed by atoms with Crippen LogP contribution in [0.1, 0.15) is 18.0 Å². The number of aromatic nitrogens is 8. The number of H-pyrrole nitrogens is 1. The Hall–Kier alpha value is -4.37. The maximum absolute atomic E-state index is 12.6. The number of hydrogen-bond acceptors (Lipinski definition) is 14. The molecule has 0 unspecified atom stereocenters. The van der Waals surface area contributed by atoms with Crippen LogP contribution in [0.5, 0.6) is 0 Å². The number of halogens is 5. The molecule has 4 aromatic heterocycles. The number of aliphatic hydroxyl groups is 4. The topological polar surface area (TPSA) is 249 Å². The van der Waals surface area contributed by atoms with E-state index >= 15 is 0 Å². The van der Waals surface area contributed by atoms with E-state index in [1.807, 2.05) is 0 Å². The van der Waals surface area contributed by atoms with Crippen molar-refractivity contribution in [3.63, 3.8) is 0 Å². The molecule has 0 amide bonds. The van der Waals surface area contributed by atoms with E-state index < -0.39 is 60.4 Å². The predicted molar refractivity (Wildman–Crippen MR) is 127 cm³/mol. The van der Waals surface area contributed by atoms with Crippen molar-refractivity contribution in [3.8, 4) is 0 Å². The number of anilines is 2. The summed E-state index contributed by atoms with van der Waals surface area (Å²) in [5.74, 6) is -1.88. The summed E-state index contributed by atoms with van der Waals surface area (Å²) in [5.41, 5.74) is 12.1. The van der Waals surface area contributed by atoms with E-state index in [2.05, 4.69) is 35.1 Å². The van der Waals surface area contributed by atoms with Crippen molar-refractivity contribution in [2.75, 3.05) is 11.5 Å². The Balaban J connectivity index is 0.000000165. The smallest absolute Gasteiger partial charge is 0.310 e. The molecule has 0 saturated carbocycles. The van der Waals surface area contributed by atoms with Gasteiger partial charge in [0, 0.05) is 0 Å². The maximum atomic E-state index is 12.6. The highest BCUT2D eigenvalue weighted by Gasteiger charge is 2.45. The Morgan fingerprint density at radius 3 is 2.15 bits per heavy atom. The standard InChI is InChI=1S/C10H8ClF2N5O3.C10H9F2N5O3/c11-10-16-7(14)2-8(17-10)18(1-15-2)9-4(20)3(19)5(21-9)6(12)13;11-9(12)8-6(19)5(18)7(20-8)3-2-4(17-16-3)10(13)15-1-14-2/h1,3-4,9,19-20H,(H2,14,16,17);1,5-7,18-19H,(H,16,17)(H2,13,14,15)/t3-,4+,9+;5-,6+,7+/m01/s1. The van der Waals surface area contributed by atoms with Gasteiger partial charge in [-0.2, -0.15) is 32.6 Å². The van der Waals surface area contributed by atoms with E-state index in [1.165, 1.54) is 12.7 Å². The number of nitrogens with two attached hydrogens (primary N) is 2. The number of fused-ring (bicyclic) bond motifs is 2. The highest BCUT2D eigenvalue weighted by Crippen LogP contribution is 2.39. The van der Waals surface area contributed by atoms with Crippen LogP contribution in [0.15, 0.2) is 36.3 Å². The summed E-state index contributed by atoms with van der Waals surface area (Å²) in [7, 11) is 0. The minimum Gasteiger partial charge on any atom is -0.477 e. The maximum Gasteiger partial charge on any atom is 0.310 e. The number of nitrogen functional groups attached to an aromatic ring is 2. The molecule has 0 bridgehead atoms. The Morgan fingerprint density at radius 2 is 1.51 bits per heavy atom. The number of nitrogens with one attached hydrogen (secondary N) is 1. The van der Waals surface area contributed by atoms with E-state index in [4.69, 9.17) is 32.5 Å². The molecule has 0 spiro atoms. The molecule has 0 aromatic carbocycles. The third-order valence-electron chi connectivity index (χ3n) is 6.03. The Labute approximate surface area is 228 Å². The Kier molecular flexibility index (Phi) is 7.25. The number of nitrogens with zero attached hydrogens (tertiary/aromatic N) is 7. The second kappa shape index (κ2) is 10.6. The SMILES string of the molecule is Nc1nc(Cl)nc2c1ncn2[C@@H]1OC(=C(F)F)[C@@H](O)[C@H]1O.Nc1ncnc2c([C@@H]3OC(=C(F)F)[C@@H](O)[C@H]3O)[nH]nc12.